The number of aromatic nitrogens is 2. The van der Waals surface area contributed by atoms with Crippen molar-refractivity contribution >= 4 is 33.3 Å². The number of anilines is 1. The van der Waals surface area contributed by atoms with Gasteiger partial charge in [-0.05, 0) is 19.4 Å². The Morgan fingerprint density at radius 2 is 2.05 bits per heavy atom. The van der Waals surface area contributed by atoms with E-state index in [4.69, 9.17) is 5.11 Å². The van der Waals surface area contributed by atoms with E-state index >= 15 is 0 Å². The number of hydrogen-bond acceptors (Lipinski definition) is 5. The van der Waals surface area contributed by atoms with Crippen molar-refractivity contribution in [2.24, 2.45) is 0 Å². The van der Waals surface area contributed by atoms with Gasteiger partial charge in [0.2, 0.25) is 0 Å². The summed E-state index contributed by atoms with van der Waals surface area (Å²) in [5, 5.41) is 9.91. The summed E-state index contributed by atoms with van der Waals surface area (Å²) in [6.07, 6.45) is 0.736. The van der Waals surface area contributed by atoms with Crippen LogP contribution >= 0.6 is 11.3 Å². The highest BCUT2D eigenvalue weighted by molar-refractivity contribution is 7.18. The first kappa shape index (κ1) is 13.7. The molecule has 0 radical (unpaired) electrons. The molecule has 0 saturated carbocycles. The third kappa shape index (κ3) is 2.53. The van der Waals surface area contributed by atoms with E-state index in [2.05, 4.69) is 9.97 Å². The number of nitrogens with zero attached hydrogens (tertiary/aromatic N) is 3. The average molecular weight is 279 g/mol. The van der Waals surface area contributed by atoms with Crippen LogP contribution in [0.2, 0.25) is 0 Å². The number of rotatable bonds is 4. The maximum absolute atomic E-state index is 10.9. The summed E-state index contributed by atoms with van der Waals surface area (Å²) in [5.41, 5.74) is 1.13. The molecule has 2 heterocycles. The Hall–Kier alpha value is -1.69. The molecule has 2 aromatic heterocycles. The highest BCUT2D eigenvalue weighted by Gasteiger charge is 2.18. The molecule has 6 heteroatoms. The molecule has 0 aliphatic rings. The molecular formula is C13H17N3O2S. The molecule has 0 aromatic carbocycles. The molecule has 2 aromatic rings. The van der Waals surface area contributed by atoms with Crippen molar-refractivity contribution in [2.75, 3.05) is 18.5 Å². The Bertz CT molecular complexity index is 636. The fraction of sp³-hybridized carbons (Fsp3) is 0.462. The van der Waals surface area contributed by atoms with Crippen molar-refractivity contribution in [1.29, 1.82) is 0 Å². The first-order valence-corrected chi connectivity index (χ1v) is 6.95. The van der Waals surface area contributed by atoms with Crippen LogP contribution in [0.5, 0.6) is 0 Å². The summed E-state index contributed by atoms with van der Waals surface area (Å²) in [7, 11) is 1.75. The zero-order valence-corrected chi connectivity index (χ0v) is 12.3. The molecule has 1 N–H and O–H groups in total. The number of fused-ring (bicyclic) bond motifs is 1. The molecular weight excluding hydrogens is 262 g/mol. The van der Waals surface area contributed by atoms with Crippen LogP contribution in [0.25, 0.3) is 10.2 Å². The van der Waals surface area contributed by atoms with Gasteiger partial charge in [0.25, 0.3) is 0 Å². The first-order valence-electron chi connectivity index (χ1n) is 6.13. The minimum atomic E-state index is -0.864. The lowest BCUT2D eigenvalue weighted by atomic mass is 10.2. The van der Waals surface area contributed by atoms with Crippen LogP contribution in [0.4, 0.5) is 5.82 Å². The molecule has 0 aliphatic carbocycles. The molecule has 5 nitrogen and oxygen atoms in total. The number of carboxylic acids is 1. The van der Waals surface area contributed by atoms with Gasteiger partial charge in [-0.25, -0.2) is 9.97 Å². The van der Waals surface area contributed by atoms with Crippen molar-refractivity contribution < 1.29 is 9.90 Å². The number of carbonyl (C=O) groups is 1. The van der Waals surface area contributed by atoms with E-state index in [9.17, 15) is 4.79 Å². The van der Waals surface area contributed by atoms with E-state index in [1.165, 1.54) is 4.88 Å². The molecule has 0 amide bonds. The van der Waals surface area contributed by atoms with Gasteiger partial charge in [0.1, 0.15) is 23.0 Å². The van der Waals surface area contributed by atoms with E-state index in [-0.39, 0.29) is 6.54 Å². The van der Waals surface area contributed by atoms with Crippen LogP contribution in [0.15, 0.2) is 0 Å². The van der Waals surface area contributed by atoms with Crippen LogP contribution in [-0.4, -0.2) is 34.6 Å². The molecule has 0 fully saturated rings. The number of thiophene rings is 1. The smallest absolute Gasteiger partial charge is 0.323 e. The summed E-state index contributed by atoms with van der Waals surface area (Å²) in [6, 6.07) is 0. The summed E-state index contributed by atoms with van der Waals surface area (Å²) < 4.78 is 0. The normalized spacial score (nSPS) is 10.9. The van der Waals surface area contributed by atoms with Gasteiger partial charge in [0, 0.05) is 18.3 Å². The third-order valence-corrected chi connectivity index (χ3v) is 4.21. The largest absolute Gasteiger partial charge is 0.480 e. The van der Waals surface area contributed by atoms with Gasteiger partial charge in [-0.3, -0.25) is 4.79 Å². The monoisotopic (exact) mass is 279 g/mol. The second-order valence-corrected chi connectivity index (χ2v) is 5.73. The van der Waals surface area contributed by atoms with Crippen molar-refractivity contribution in [3.05, 3.63) is 16.3 Å². The maximum atomic E-state index is 10.9. The van der Waals surface area contributed by atoms with Gasteiger partial charge in [-0.1, -0.05) is 6.92 Å². The molecule has 0 unspecified atom stereocenters. The molecule has 102 valence electrons. The minimum Gasteiger partial charge on any atom is -0.480 e. The number of likely N-dealkylation sites (N-methyl/N-ethyl adjacent to an activating group) is 1. The van der Waals surface area contributed by atoms with Crippen molar-refractivity contribution in [1.82, 2.24) is 9.97 Å². The van der Waals surface area contributed by atoms with Crippen LogP contribution in [-0.2, 0) is 11.2 Å². The summed E-state index contributed by atoms with van der Waals surface area (Å²) >= 11 is 1.63. The van der Waals surface area contributed by atoms with E-state index in [1.54, 1.807) is 23.3 Å². The molecule has 0 aliphatic heterocycles. The number of hydrogen-bond donors (Lipinski definition) is 1. The lowest BCUT2D eigenvalue weighted by molar-refractivity contribution is -0.135. The van der Waals surface area contributed by atoms with Gasteiger partial charge in [-0.15, -0.1) is 11.3 Å². The maximum Gasteiger partial charge on any atom is 0.323 e. The number of aryl methyl sites for hydroxylation is 3. The standard InChI is InChI=1S/C13H17N3O2S/c1-5-9-14-12(16(4)6-10(17)18)11-7(2)8(3)19-13(11)15-9/h5-6H2,1-4H3,(H,17,18). The SMILES string of the molecule is CCc1nc(N(C)CC(=O)O)c2c(C)c(C)sc2n1. The van der Waals surface area contributed by atoms with Crippen LogP contribution in [0, 0.1) is 13.8 Å². The predicted octanol–water partition coefficient (Wildman–Crippen LogP) is 2.39. The van der Waals surface area contributed by atoms with Crippen LogP contribution < -0.4 is 4.90 Å². The second-order valence-electron chi connectivity index (χ2n) is 4.53. The first-order chi connectivity index (χ1) is 8.93. The van der Waals surface area contributed by atoms with E-state index in [0.29, 0.717) is 5.82 Å². The summed E-state index contributed by atoms with van der Waals surface area (Å²) in [5.74, 6) is 0.601. The Balaban J connectivity index is 2.65. The Morgan fingerprint density at radius 1 is 1.37 bits per heavy atom. The van der Waals surface area contributed by atoms with Gasteiger partial charge in [0.05, 0.1) is 5.39 Å². The Morgan fingerprint density at radius 3 is 2.63 bits per heavy atom. The van der Waals surface area contributed by atoms with Crippen molar-refractivity contribution in [2.45, 2.75) is 27.2 Å². The zero-order valence-electron chi connectivity index (χ0n) is 11.5. The fourth-order valence-corrected chi connectivity index (χ4v) is 3.03. The zero-order chi connectivity index (χ0) is 14.2. The quantitative estimate of drug-likeness (QED) is 0.930. The number of carboxylic acid groups (broad SMARTS) is 1. The summed E-state index contributed by atoms with van der Waals surface area (Å²) in [6.45, 7) is 6.01. The van der Waals surface area contributed by atoms with Crippen LogP contribution in [0.1, 0.15) is 23.2 Å². The highest BCUT2D eigenvalue weighted by atomic mass is 32.1. The Kier molecular flexibility index (Phi) is 3.71. The summed E-state index contributed by atoms with van der Waals surface area (Å²) in [4.78, 5) is 23.7. The molecule has 19 heavy (non-hydrogen) atoms. The third-order valence-electron chi connectivity index (χ3n) is 3.11. The second kappa shape index (κ2) is 5.13. The van der Waals surface area contributed by atoms with Crippen molar-refractivity contribution in [3.63, 3.8) is 0 Å². The van der Waals surface area contributed by atoms with E-state index < -0.39 is 5.97 Å². The van der Waals surface area contributed by atoms with E-state index in [1.807, 2.05) is 20.8 Å². The van der Waals surface area contributed by atoms with Gasteiger partial charge in [-0.2, -0.15) is 0 Å². The fourth-order valence-electron chi connectivity index (χ4n) is 1.98. The van der Waals surface area contributed by atoms with Gasteiger partial charge < -0.3 is 10.0 Å². The van der Waals surface area contributed by atoms with E-state index in [0.717, 1.165) is 28.0 Å². The van der Waals surface area contributed by atoms with Gasteiger partial charge >= 0.3 is 5.97 Å². The number of aliphatic carboxylic acids is 1. The molecule has 0 bridgehead atoms. The van der Waals surface area contributed by atoms with Gasteiger partial charge in [0.15, 0.2) is 0 Å². The molecule has 0 spiro atoms. The lowest BCUT2D eigenvalue weighted by Gasteiger charge is -2.17. The average Bonchev–Trinajstić information content (AvgIpc) is 2.63. The van der Waals surface area contributed by atoms with Crippen molar-refractivity contribution in [3.8, 4) is 0 Å². The molecule has 0 atom stereocenters. The topological polar surface area (TPSA) is 66.3 Å². The van der Waals surface area contributed by atoms with Crippen LogP contribution in [0.3, 0.4) is 0 Å². The highest BCUT2D eigenvalue weighted by Crippen LogP contribution is 2.34. The minimum absolute atomic E-state index is 0.0659. The Labute approximate surface area is 115 Å². The lowest BCUT2D eigenvalue weighted by Crippen LogP contribution is -2.26. The molecule has 2 rings (SSSR count). The predicted molar refractivity (Wildman–Crippen MR) is 77.2 cm³/mol. The molecule has 0 saturated heterocycles.